The minimum absolute atomic E-state index is 0.697. The Morgan fingerprint density at radius 2 is 2.23 bits per heavy atom. The van der Waals surface area contributed by atoms with Crippen LogP contribution in [0.25, 0.3) is 0 Å². The molecular weight excluding hydrogens is 158 g/mol. The van der Waals surface area contributed by atoms with Crippen LogP contribution in [-0.2, 0) is 0 Å². The summed E-state index contributed by atoms with van der Waals surface area (Å²) in [5.41, 5.74) is 0. The number of hydrogen-bond donors (Lipinski definition) is 1. The highest BCUT2D eigenvalue weighted by Gasteiger charge is 2.35. The van der Waals surface area contributed by atoms with Gasteiger partial charge in [0.1, 0.15) is 0 Å². The molecule has 0 heterocycles. The molecule has 0 aliphatic heterocycles. The van der Waals surface area contributed by atoms with Gasteiger partial charge in [-0.1, -0.05) is 19.1 Å². The van der Waals surface area contributed by atoms with Crippen LogP contribution < -0.4 is 5.32 Å². The summed E-state index contributed by atoms with van der Waals surface area (Å²) in [4.78, 5) is 0. The van der Waals surface area contributed by atoms with Gasteiger partial charge < -0.3 is 5.32 Å². The zero-order valence-electron chi connectivity index (χ0n) is 8.79. The molecule has 1 saturated carbocycles. The van der Waals surface area contributed by atoms with E-state index >= 15 is 0 Å². The molecule has 0 aromatic rings. The quantitative estimate of drug-likeness (QED) is 0.654. The van der Waals surface area contributed by atoms with Gasteiger partial charge >= 0.3 is 0 Å². The zero-order chi connectivity index (χ0) is 9.26. The van der Waals surface area contributed by atoms with Gasteiger partial charge in [0, 0.05) is 6.04 Å². The average Bonchev–Trinajstić information content (AvgIpc) is 2.74. The van der Waals surface area contributed by atoms with E-state index in [1.807, 2.05) is 0 Å². The Morgan fingerprint density at radius 3 is 2.77 bits per heavy atom. The Bertz CT molecular complexity index is 197. The van der Waals surface area contributed by atoms with Crippen molar-refractivity contribution in [2.45, 2.75) is 39.2 Å². The maximum Gasteiger partial charge on any atom is 0.00362 e. The number of hydrogen-bond acceptors (Lipinski definition) is 1. The molecule has 2 rings (SSSR count). The van der Waals surface area contributed by atoms with E-state index in [-0.39, 0.29) is 0 Å². The van der Waals surface area contributed by atoms with Gasteiger partial charge in [0.05, 0.1) is 0 Å². The molecule has 13 heavy (non-hydrogen) atoms. The van der Waals surface area contributed by atoms with Gasteiger partial charge in [0.15, 0.2) is 0 Å². The normalized spacial score (nSPS) is 38.5. The van der Waals surface area contributed by atoms with Gasteiger partial charge in [-0.3, -0.25) is 0 Å². The fourth-order valence-corrected chi connectivity index (χ4v) is 2.63. The Morgan fingerprint density at radius 1 is 1.38 bits per heavy atom. The minimum Gasteiger partial charge on any atom is -0.314 e. The number of nitrogens with one attached hydrogen (secondary N) is 1. The lowest BCUT2D eigenvalue weighted by Crippen LogP contribution is -2.32. The maximum absolute atomic E-state index is 3.63. The fourth-order valence-electron chi connectivity index (χ4n) is 2.63. The summed E-state index contributed by atoms with van der Waals surface area (Å²) in [5, 5.41) is 3.63. The summed E-state index contributed by atoms with van der Waals surface area (Å²) in [5.74, 6) is 2.76. The van der Waals surface area contributed by atoms with Crippen LogP contribution in [0.5, 0.6) is 0 Å². The van der Waals surface area contributed by atoms with Gasteiger partial charge in [-0.05, 0) is 50.5 Å². The van der Waals surface area contributed by atoms with Crippen LogP contribution >= 0.6 is 0 Å². The largest absolute Gasteiger partial charge is 0.314 e. The molecule has 74 valence electrons. The van der Waals surface area contributed by atoms with Crippen molar-refractivity contribution in [1.82, 2.24) is 5.32 Å². The first kappa shape index (κ1) is 9.26. The van der Waals surface area contributed by atoms with Crippen molar-refractivity contribution >= 4 is 0 Å². The molecule has 2 aliphatic rings. The molecule has 2 bridgehead atoms. The molecule has 1 nitrogen and oxygen atoms in total. The third-order valence-corrected chi connectivity index (χ3v) is 3.76. The van der Waals surface area contributed by atoms with Crippen molar-refractivity contribution in [3.8, 4) is 0 Å². The third kappa shape index (κ3) is 1.96. The van der Waals surface area contributed by atoms with E-state index in [2.05, 4.69) is 31.3 Å². The molecule has 1 N–H and O–H groups in total. The van der Waals surface area contributed by atoms with Gasteiger partial charge in [-0.15, -0.1) is 0 Å². The third-order valence-electron chi connectivity index (χ3n) is 3.76. The second kappa shape index (κ2) is 3.83. The molecule has 0 spiro atoms. The maximum atomic E-state index is 3.63. The minimum atomic E-state index is 0.697. The van der Waals surface area contributed by atoms with Crippen LogP contribution in [0.15, 0.2) is 12.2 Å². The lowest BCUT2D eigenvalue weighted by Gasteiger charge is -2.21. The topological polar surface area (TPSA) is 12.0 Å². The van der Waals surface area contributed by atoms with Crippen LogP contribution in [0.1, 0.15) is 33.1 Å². The van der Waals surface area contributed by atoms with E-state index < -0.39 is 0 Å². The van der Waals surface area contributed by atoms with Crippen LogP contribution in [0.2, 0.25) is 0 Å². The van der Waals surface area contributed by atoms with E-state index in [9.17, 15) is 0 Å². The fraction of sp³-hybridized carbons (Fsp3) is 0.833. The standard InChI is InChI=1S/C12H21N/c1-3-9(2)13-8-12-7-10-4-5-11(12)6-10/h4-5,9-13H,3,6-8H2,1-2H3. The summed E-state index contributed by atoms with van der Waals surface area (Å²) in [6, 6.07) is 0.697. The van der Waals surface area contributed by atoms with E-state index in [1.54, 1.807) is 0 Å². The smallest absolute Gasteiger partial charge is 0.00362 e. The number of rotatable bonds is 4. The Balaban J connectivity index is 1.75. The van der Waals surface area contributed by atoms with Crippen LogP contribution in [-0.4, -0.2) is 12.6 Å². The van der Waals surface area contributed by atoms with Crippen molar-refractivity contribution < 1.29 is 0 Å². The molecular formula is C12H21N. The molecule has 0 amide bonds. The summed E-state index contributed by atoms with van der Waals surface area (Å²) in [6.45, 7) is 5.77. The average molecular weight is 179 g/mol. The summed E-state index contributed by atoms with van der Waals surface area (Å²) in [7, 11) is 0. The second-order valence-corrected chi connectivity index (χ2v) is 4.76. The molecule has 1 heteroatoms. The zero-order valence-corrected chi connectivity index (χ0v) is 8.79. The molecule has 0 aromatic carbocycles. The molecule has 0 saturated heterocycles. The Labute approximate surface area is 81.6 Å². The first-order chi connectivity index (χ1) is 6.29. The van der Waals surface area contributed by atoms with E-state index in [0.717, 1.165) is 17.8 Å². The predicted molar refractivity (Wildman–Crippen MR) is 56.6 cm³/mol. The van der Waals surface area contributed by atoms with Gasteiger partial charge in [-0.2, -0.15) is 0 Å². The summed E-state index contributed by atoms with van der Waals surface area (Å²) in [6.07, 6.45) is 8.98. The lowest BCUT2D eigenvalue weighted by molar-refractivity contribution is 0.386. The van der Waals surface area contributed by atoms with Crippen molar-refractivity contribution in [1.29, 1.82) is 0 Å². The van der Waals surface area contributed by atoms with Gasteiger partial charge in [-0.25, -0.2) is 0 Å². The van der Waals surface area contributed by atoms with Crippen LogP contribution in [0.4, 0.5) is 0 Å². The van der Waals surface area contributed by atoms with Gasteiger partial charge in [0.2, 0.25) is 0 Å². The Hall–Kier alpha value is -0.300. The molecule has 4 unspecified atom stereocenters. The van der Waals surface area contributed by atoms with E-state index in [0.29, 0.717) is 6.04 Å². The Kier molecular flexibility index (Phi) is 2.73. The number of fused-ring (bicyclic) bond motifs is 2. The highest BCUT2D eigenvalue weighted by atomic mass is 14.9. The van der Waals surface area contributed by atoms with Crippen LogP contribution in [0, 0.1) is 17.8 Å². The van der Waals surface area contributed by atoms with E-state index in [1.165, 1.54) is 25.8 Å². The highest BCUT2D eigenvalue weighted by molar-refractivity contribution is 5.10. The van der Waals surface area contributed by atoms with Crippen molar-refractivity contribution in [3.63, 3.8) is 0 Å². The van der Waals surface area contributed by atoms with Crippen molar-refractivity contribution in [2.24, 2.45) is 17.8 Å². The first-order valence-electron chi connectivity index (χ1n) is 5.71. The van der Waals surface area contributed by atoms with E-state index in [4.69, 9.17) is 0 Å². The second-order valence-electron chi connectivity index (χ2n) is 4.76. The number of allylic oxidation sites excluding steroid dienone is 2. The van der Waals surface area contributed by atoms with Gasteiger partial charge in [0.25, 0.3) is 0 Å². The molecule has 0 aromatic heterocycles. The van der Waals surface area contributed by atoms with Crippen LogP contribution in [0.3, 0.4) is 0 Å². The summed E-state index contributed by atoms with van der Waals surface area (Å²) >= 11 is 0. The molecule has 4 atom stereocenters. The highest BCUT2D eigenvalue weighted by Crippen LogP contribution is 2.42. The molecule has 0 radical (unpaired) electrons. The lowest BCUT2D eigenvalue weighted by atomic mass is 9.93. The summed E-state index contributed by atoms with van der Waals surface area (Å²) < 4.78 is 0. The monoisotopic (exact) mass is 179 g/mol. The van der Waals surface area contributed by atoms with Crippen molar-refractivity contribution in [2.75, 3.05) is 6.54 Å². The predicted octanol–water partition coefficient (Wildman–Crippen LogP) is 2.59. The molecule has 1 fully saturated rings. The SMILES string of the molecule is CCC(C)NCC1CC2C=CC1C2. The molecule has 2 aliphatic carbocycles. The first-order valence-corrected chi connectivity index (χ1v) is 5.71. The van der Waals surface area contributed by atoms with Crippen molar-refractivity contribution in [3.05, 3.63) is 12.2 Å².